The average Bonchev–Trinajstić information content (AvgIpc) is 2.61. The molecule has 120 valence electrons. The second-order valence-corrected chi connectivity index (χ2v) is 4.37. The summed E-state index contributed by atoms with van der Waals surface area (Å²) in [6, 6.07) is 7.01. The Morgan fingerprint density at radius 2 is 1.83 bits per heavy atom. The van der Waals surface area contributed by atoms with E-state index in [0.29, 0.717) is 5.75 Å². The van der Waals surface area contributed by atoms with Gasteiger partial charge in [-0.2, -0.15) is 0 Å². The highest BCUT2D eigenvalue weighted by Crippen LogP contribution is 2.16. The molecule has 0 saturated heterocycles. The lowest BCUT2D eigenvalue weighted by Crippen LogP contribution is -2.42. The molecule has 0 atom stereocenters. The van der Waals surface area contributed by atoms with E-state index < -0.39 is 5.91 Å². The van der Waals surface area contributed by atoms with E-state index in [1.54, 1.807) is 31.4 Å². The first kappa shape index (κ1) is 16.2. The monoisotopic (exact) mass is 316 g/mol. The van der Waals surface area contributed by atoms with Crippen molar-refractivity contribution in [3.05, 3.63) is 48.5 Å². The second-order valence-electron chi connectivity index (χ2n) is 4.37. The van der Waals surface area contributed by atoms with E-state index in [-0.39, 0.29) is 24.6 Å². The second kappa shape index (κ2) is 8.32. The van der Waals surface area contributed by atoms with E-state index in [0.717, 1.165) is 5.75 Å². The number of rotatable bonds is 6. The summed E-state index contributed by atoms with van der Waals surface area (Å²) in [5.41, 5.74) is 4.64. The van der Waals surface area contributed by atoms with Crippen LogP contribution in [-0.2, 0) is 4.79 Å². The highest BCUT2D eigenvalue weighted by atomic mass is 16.5. The molecule has 0 aliphatic rings. The summed E-state index contributed by atoms with van der Waals surface area (Å²) in [5.74, 6) is 0.433. The molecule has 1 heterocycles. The Morgan fingerprint density at radius 3 is 2.48 bits per heavy atom. The van der Waals surface area contributed by atoms with Crippen LogP contribution < -0.4 is 20.3 Å². The predicted octanol–water partition coefficient (Wildman–Crippen LogP) is 0.715. The number of hydrogen-bond acceptors (Lipinski definition) is 6. The van der Waals surface area contributed by atoms with Crippen molar-refractivity contribution in [2.75, 3.05) is 13.7 Å². The van der Waals surface area contributed by atoms with Crippen LogP contribution in [0.4, 0.5) is 0 Å². The van der Waals surface area contributed by atoms with Crippen LogP contribution in [0.1, 0.15) is 16.9 Å². The number of methoxy groups -OCH3 is 1. The predicted molar refractivity (Wildman–Crippen MR) is 80.7 cm³/mol. The van der Waals surface area contributed by atoms with Gasteiger partial charge in [0.2, 0.25) is 5.91 Å². The first-order valence-corrected chi connectivity index (χ1v) is 6.81. The fraction of sp³-hybridized carbons (Fsp3) is 0.200. The first-order valence-electron chi connectivity index (χ1n) is 6.81. The molecule has 0 aliphatic carbocycles. The zero-order chi connectivity index (χ0) is 16.5. The van der Waals surface area contributed by atoms with E-state index in [1.807, 2.05) is 0 Å². The topological polar surface area (TPSA) is 102 Å². The van der Waals surface area contributed by atoms with Gasteiger partial charge in [0.25, 0.3) is 5.91 Å². The van der Waals surface area contributed by atoms with Crippen LogP contribution in [0.3, 0.4) is 0 Å². The summed E-state index contributed by atoms with van der Waals surface area (Å²) in [6.45, 7) is 0.180. The number of hydrogen-bond donors (Lipinski definition) is 2. The number of amides is 2. The number of ether oxygens (including phenoxy) is 2. The number of benzene rings is 1. The molecule has 1 aromatic heterocycles. The van der Waals surface area contributed by atoms with Gasteiger partial charge in [-0.25, -0.2) is 4.98 Å². The zero-order valence-corrected chi connectivity index (χ0v) is 12.5. The van der Waals surface area contributed by atoms with Crippen molar-refractivity contribution >= 4 is 11.8 Å². The minimum atomic E-state index is -0.539. The summed E-state index contributed by atoms with van der Waals surface area (Å²) in [4.78, 5) is 30.8. The molecule has 1 aromatic carbocycles. The SMILES string of the molecule is COc1ccc(OCCC(=O)NNC(=O)c2cnccn2)cc1. The Hall–Kier alpha value is -3.16. The van der Waals surface area contributed by atoms with Gasteiger partial charge in [0.05, 0.1) is 26.3 Å². The van der Waals surface area contributed by atoms with Crippen molar-refractivity contribution in [1.29, 1.82) is 0 Å². The third-order valence-electron chi connectivity index (χ3n) is 2.77. The Bertz CT molecular complexity index is 646. The number of hydrazine groups is 1. The highest BCUT2D eigenvalue weighted by Gasteiger charge is 2.08. The summed E-state index contributed by atoms with van der Waals surface area (Å²) >= 11 is 0. The molecular formula is C15H16N4O4. The third-order valence-corrected chi connectivity index (χ3v) is 2.77. The van der Waals surface area contributed by atoms with Gasteiger partial charge in [0.1, 0.15) is 17.2 Å². The normalized spacial score (nSPS) is 9.78. The van der Waals surface area contributed by atoms with E-state index in [1.165, 1.54) is 18.6 Å². The fourth-order valence-electron chi connectivity index (χ4n) is 1.60. The molecule has 8 heteroatoms. The smallest absolute Gasteiger partial charge is 0.289 e. The van der Waals surface area contributed by atoms with Crippen molar-refractivity contribution in [2.45, 2.75) is 6.42 Å². The quantitative estimate of drug-likeness (QED) is 0.761. The molecule has 0 saturated carbocycles. The van der Waals surface area contributed by atoms with E-state index in [2.05, 4.69) is 20.8 Å². The van der Waals surface area contributed by atoms with Crippen LogP contribution in [0.2, 0.25) is 0 Å². The number of aromatic nitrogens is 2. The summed E-state index contributed by atoms with van der Waals surface area (Å²) in [7, 11) is 1.58. The molecule has 0 radical (unpaired) electrons. The highest BCUT2D eigenvalue weighted by molar-refractivity contribution is 5.93. The van der Waals surface area contributed by atoms with E-state index in [4.69, 9.17) is 9.47 Å². The lowest BCUT2D eigenvalue weighted by atomic mass is 10.3. The number of carbonyl (C=O) groups excluding carboxylic acids is 2. The van der Waals surface area contributed by atoms with E-state index in [9.17, 15) is 9.59 Å². The van der Waals surface area contributed by atoms with Gasteiger partial charge >= 0.3 is 0 Å². The maximum atomic E-state index is 11.6. The molecule has 2 aromatic rings. The van der Waals surface area contributed by atoms with Crippen molar-refractivity contribution < 1.29 is 19.1 Å². The Kier molecular flexibility index (Phi) is 5.87. The van der Waals surface area contributed by atoms with Crippen LogP contribution in [-0.4, -0.2) is 35.5 Å². The largest absolute Gasteiger partial charge is 0.497 e. The minimum absolute atomic E-state index is 0.0901. The molecular weight excluding hydrogens is 300 g/mol. The molecule has 23 heavy (non-hydrogen) atoms. The van der Waals surface area contributed by atoms with Crippen LogP contribution in [0.15, 0.2) is 42.9 Å². The Balaban J connectivity index is 1.67. The van der Waals surface area contributed by atoms with Crippen LogP contribution >= 0.6 is 0 Å². The van der Waals surface area contributed by atoms with Gasteiger partial charge in [0.15, 0.2) is 0 Å². The Morgan fingerprint density at radius 1 is 1.09 bits per heavy atom. The molecule has 0 fully saturated rings. The number of carbonyl (C=O) groups is 2. The maximum Gasteiger partial charge on any atom is 0.289 e. The van der Waals surface area contributed by atoms with E-state index >= 15 is 0 Å². The van der Waals surface area contributed by atoms with Gasteiger partial charge in [-0.3, -0.25) is 25.4 Å². The molecule has 2 rings (SSSR count). The molecule has 0 unspecified atom stereocenters. The summed E-state index contributed by atoms with van der Waals surface area (Å²) < 4.78 is 10.4. The minimum Gasteiger partial charge on any atom is -0.497 e. The van der Waals surface area contributed by atoms with Gasteiger partial charge in [-0.15, -0.1) is 0 Å². The molecule has 0 aliphatic heterocycles. The zero-order valence-electron chi connectivity index (χ0n) is 12.5. The fourth-order valence-corrected chi connectivity index (χ4v) is 1.60. The third kappa shape index (κ3) is 5.27. The van der Waals surface area contributed by atoms with Crippen molar-refractivity contribution in [3.8, 4) is 11.5 Å². The molecule has 8 nitrogen and oxygen atoms in total. The van der Waals surface area contributed by atoms with Gasteiger partial charge in [-0.1, -0.05) is 0 Å². The lowest BCUT2D eigenvalue weighted by molar-refractivity contribution is -0.122. The van der Waals surface area contributed by atoms with Gasteiger partial charge < -0.3 is 9.47 Å². The van der Waals surface area contributed by atoms with Crippen molar-refractivity contribution in [3.63, 3.8) is 0 Å². The van der Waals surface area contributed by atoms with Gasteiger partial charge in [0, 0.05) is 12.4 Å². The molecule has 2 N–H and O–H groups in total. The van der Waals surface area contributed by atoms with Crippen LogP contribution in [0, 0.1) is 0 Å². The lowest BCUT2D eigenvalue weighted by Gasteiger charge is -2.08. The standard InChI is InChI=1S/C15H16N4O4/c1-22-11-2-4-12(5-3-11)23-9-6-14(20)18-19-15(21)13-10-16-7-8-17-13/h2-5,7-8,10H,6,9H2,1H3,(H,18,20)(H,19,21). The summed E-state index contributed by atoms with van der Waals surface area (Å²) in [5, 5.41) is 0. The van der Waals surface area contributed by atoms with Crippen molar-refractivity contribution in [1.82, 2.24) is 20.8 Å². The number of nitrogens with zero attached hydrogens (tertiary/aromatic N) is 2. The van der Waals surface area contributed by atoms with Crippen molar-refractivity contribution in [2.24, 2.45) is 0 Å². The van der Waals surface area contributed by atoms with Gasteiger partial charge in [-0.05, 0) is 24.3 Å². The average molecular weight is 316 g/mol. The van der Waals surface area contributed by atoms with Crippen LogP contribution in [0.5, 0.6) is 11.5 Å². The first-order chi connectivity index (χ1) is 11.2. The molecule has 0 bridgehead atoms. The van der Waals surface area contributed by atoms with Crippen LogP contribution in [0.25, 0.3) is 0 Å². The maximum absolute atomic E-state index is 11.6. The number of nitrogens with one attached hydrogen (secondary N) is 2. The molecule has 0 spiro atoms. The summed E-state index contributed by atoms with van der Waals surface area (Å²) in [6.07, 6.45) is 4.23. The Labute approximate surface area is 132 Å². The molecule has 2 amide bonds.